The quantitative estimate of drug-likeness (QED) is 0.786. The summed E-state index contributed by atoms with van der Waals surface area (Å²) in [4.78, 5) is 11.2. The largest absolute Gasteiger partial charge is 0.478 e. The molecule has 1 aliphatic heterocycles. The fourth-order valence-corrected chi connectivity index (χ4v) is 4.10. The summed E-state index contributed by atoms with van der Waals surface area (Å²) in [6, 6.07) is 9.99. The Morgan fingerprint density at radius 2 is 2.04 bits per heavy atom. The lowest BCUT2D eigenvalue weighted by Crippen LogP contribution is -2.26. The van der Waals surface area contributed by atoms with Gasteiger partial charge in [-0.3, -0.25) is 0 Å². The molecule has 1 saturated carbocycles. The summed E-state index contributed by atoms with van der Waals surface area (Å²) in [5.74, 6) is -1.15. The van der Waals surface area contributed by atoms with Crippen molar-refractivity contribution in [2.75, 3.05) is 5.32 Å². The van der Waals surface area contributed by atoms with Crippen LogP contribution in [0.25, 0.3) is 0 Å². The van der Waals surface area contributed by atoms with Crippen LogP contribution in [0.4, 0.5) is 10.1 Å². The topological polar surface area (TPSA) is 49.3 Å². The molecule has 2 N–H and O–H groups in total. The van der Waals surface area contributed by atoms with Gasteiger partial charge in [-0.05, 0) is 72.2 Å². The summed E-state index contributed by atoms with van der Waals surface area (Å²) in [5.41, 5.74) is 3.30. The maximum absolute atomic E-state index is 13.6. The van der Waals surface area contributed by atoms with Gasteiger partial charge < -0.3 is 10.4 Å². The van der Waals surface area contributed by atoms with Crippen molar-refractivity contribution in [2.45, 2.75) is 30.7 Å². The fourth-order valence-electron chi connectivity index (χ4n) is 3.58. The predicted octanol–water partition coefficient (Wildman–Crippen LogP) is 4.87. The third-order valence-corrected chi connectivity index (χ3v) is 5.67. The lowest BCUT2D eigenvalue weighted by Gasteiger charge is -2.34. The highest BCUT2D eigenvalue weighted by Crippen LogP contribution is 2.59. The zero-order valence-corrected chi connectivity index (χ0v) is 13.9. The predicted molar refractivity (Wildman–Crippen MR) is 89.4 cm³/mol. The van der Waals surface area contributed by atoms with Gasteiger partial charge >= 0.3 is 5.97 Å². The molecule has 1 heterocycles. The number of benzene rings is 2. The molecule has 2 aliphatic rings. The molecular formula is C18H15BrFNO2. The van der Waals surface area contributed by atoms with Gasteiger partial charge in [0.2, 0.25) is 0 Å². The number of hydrogen-bond donors (Lipinski definition) is 2. The molecule has 1 fully saturated rings. The number of rotatable bonds is 2. The van der Waals surface area contributed by atoms with Gasteiger partial charge in [0.25, 0.3) is 0 Å². The zero-order chi connectivity index (χ0) is 16.2. The molecule has 1 aliphatic carbocycles. The Hall–Kier alpha value is -1.88. The lowest BCUT2D eigenvalue weighted by atomic mass is 9.81. The van der Waals surface area contributed by atoms with Crippen LogP contribution in [0.3, 0.4) is 0 Å². The van der Waals surface area contributed by atoms with E-state index in [9.17, 15) is 14.3 Å². The van der Waals surface area contributed by atoms with Gasteiger partial charge in [-0.2, -0.15) is 0 Å². The number of aromatic carboxylic acids is 1. The molecule has 5 heteroatoms. The minimum absolute atomic E-state index is 0.0192. The third kappa shape index (κ3) is 2.43. The first-order chi connectivity index (χ1) is 11.0. The molecular weight excluding hydrogens is 361 g/mol. The number of carboxylic acid groups (broad SMARTS) is 1. The Labute approximate surface area is 141 Å². The number of carboxylic acids is 1. The molecule has 1 unspecified atom stereocenters. The highest BCUT2D eigenvalue weighted by molar-refractivity contribution is 9.10. The zero-order valence-electron chi connectivity index (χ0n) is 12.3. The number of nitrogens with one attached hydrogen (secondary N) is 1. The van der Waals surface area contributed by atoms with E-state index < -0.39 is 5.97 Å². The van der Waals surface area contributed by atoms with Gasteiger partial charge in [-0.25, -0.2) is 9.18 Å². The second kappa shape index (κ2) is 5.06. The van der Waals surface area contributed by atoms with Gasteiger partial charge in [0.05, 0.1) is 11.6 Å². The van der Waals surface area contributed by atoms with Crippen LogP contribution in [0.1, 0.15) is 46.8 Å². The Morgan fingerprint density at radius 3 is 2.74 bits per heavy atom. The van der Waals surface area contributed by atoms with Crippen molar-refractivity contribution in [1.29, 1.82) is 0 Å². The van der Waals surface area contributed by atoms with Crippen LogP contribution in [-0.4, -0.2) is 11.1 Å². The van der Waals surface area contributed by atoms with E-state index in [1.165, 1.54) is 6.07 Å². The number of anilines is 1. The average molecular weight is 376 g/mol. The summed E-state index contributed by atoms with van der Waals surface area (Å²) in [5, 5.41) is 12.7. The SMILES string of the molecule is O=C(O)c1ccc2c(c1)C1(CC1)CC(c1cc(F)ccc1Br)N2. The van der Waals surface area contributed by atoms with E-state index >= 15 is 0 Å². The van der Waals surface area contributed by atoms with E-state index in [-0.39, 0.29) is 17.3 Å². The van der Waals surface area contributed by atoms with Crippen molar-refractivity contribution in [1.82, 2.24) is 0 Å². The number of halogens is 2. The molecule has 23 heavy (non-hydrogen) atoms. The van der Waals surface area contributed by atoms with Crippen LogP contribution < -0.4 is 5.32 Å². The van der Waals surface area contributed by atoms with Crippen molar-refractivity contribution in [2.24, 2.45) is 0 Å². The minimum atomic E-state index is -0.904. The van der Waals surface area contributed by atoms with Crippen molar-refractivity contribution >= 4 is 27.6 Å². The molecule has 0 bridgehead atoms. The van der Waals surface area contributed by atoms with Crippen LogP contribution >= 0.6 is 15.9 Å². The van der Waals surface area contributed by atoms with Crippen LogP contribution in [0.15, 0.2) is 40.9 Å². The molecule has 0 saturated heterocycles. The van der Waals surface area contributed by atoms with E-state index in [0.717, 1.165) is 40.5 Å². The van der Waals surface area contributed by atoms with E-state index in [2.05, 4.69) is 21.2 Å². The molecule has 118 valence electrons. The van der Waals surface area contributed by atoms with Crippen LogP contribution in [0, 0.1) is 5.82 Å². The van der Waals surface area contributed by atoms with Crippen molar-refractivity contribution < 1.29 is 14.3 Å². The van der Waals surface area contributed by atoms with E-state index in [1.54, 1.807) is 24.3 Å². The number of carbonyl (C=O) groups is 1. The second-order valence-electron chi connectivity index (χ2n) is 6.41. The second-order valence-corrected chi connectivity index (χ2v) is 7.27. The molecule has 3 nitrogen and oxygen atoms in total. The van der Waals surface area contributed by atoms with Gasteiger partial charge in [0.1, 0.15) is 5.82 Å². The van der Waals surface area contributed by atoms with Gasteiger partial charge in [-0.1, -0.05) is 15.9 Å². The van der Waals surface area contributed by atoms with Crippen molar-refractivity contribution in [3.05, 3.63) is 63.4 Å². The van der Waals surface area contributed by atoms with E-state index in [1.807, 2.05) is 6.07 Å². The smallest absolute Gasteiger partial charge is 0.335 e. The Kier molecular flexibility index (Phi) is 3.23. The Morgan fingerprint density at radius 1 is 1.26 bits per heavy atom. The average Bonchev–Trinajstić information content (AvgIpc) is 3.29. The van der Waals surface area contributed by atoms with Crippen molar-refractivity contribution in [3.8, 4) is 0 Å². The standard InChI is InChI=1S/C18H15BrFNO2/c19-14-3-2-11(20)8-12(14)16-9-18(5-6-18)13-7-10(17(22)23)1-4-15(13)21-16/h1-4,7-8,16,21H,5-6,9H2,(H,22,23). The van der Waals surface area contributed by atoms with E-state index in [4.69, 9.17) is 0 Å². The summed E-state index contributed by atoms with van der Waals surface area (Å²) >= 11 is 3.51. The number of fused-ring (bicyclic) bond motifs is 2. The molecule has 0 amide bonds. The molecule has 1 atom stereocenters. The molecule has 0 radical (unpaired) electrons. The van der Waals surface area contributed by atoms with Crippen LogP contribution in [0.5, 0.6) is 0 Å². The minimum Gasteiger partial charge on any atom is -0.478 e. The van der Waals surface area contributed by atoms with Gasteiger partial charge in [0.15, 0.2) is 0 Å². The summed E-state index contributed by atoms with van der Waals surface area (Å²) in [6.07, 6.45) is 2.95. The maximum atomic E-state index is 13.6. The normalized spacial score (nSPS) is 20.7. The van der Waals surface area contributed by atoms with Gasteiger partial charge in [0, 0.05) is 10.2 Å². The first-order valence-electron chi connectivity index (χ1n) is 7.58. The third-order valence-electron chi connectivity index (χ3n) is 4.95. The van der Waals surface area contributed by atoms with Crippen LogP contribution in [0.2, 0.25) is 0 Å². The van der Waals surface area contributed by atoms with Gasteiger partial charge in [-0.15, -0.1) is 0 Å². The lowest BCUT2D eigenvalue weighted by molar-refractivity contribution is 0.0696. The highest BCUT2D eigenvalue weighted by atomic mass is 79.9. The highest BCUT2D eigenvalue weighted by Gasteiger charge is 2.50. The Bertz CT molecular complexity index is 817. The first-order valence-corrected chi connectivity index (χ1v) is 8.37. The van der Waals surface area contributed by atoms with Crippen molar-refractivity contribution in [3.63, 3.8) is 0 Å². The van der Waals surface area contributed by atoms with Crippen LogP contribution in [-0.2, 0) is 5.41 Å². The molecule has 1 spiro atoms. The molecule has 4 rings (SSSR count). The molecule has 0 aromatic heterocycles. The Balaban J connectivity index is 1.76. The summed E-state index contributed by atoms with van der Waals surface area (Å²) in [6.45, 7) is 0. The number of hydrogen-bond acceptors (Lipinski definition) is 2. The maximum Gasteiger partial charge on any atom is 0.335 e. The van der Waals surface area contributed by atoms with E-state index in [0.29, 0.717) is 5.56 Å². The first kappa shape index (κ1) is 14.7. The summed E-state index contributed by atoms with van der Waals surface area (Å²) in [7, 11) is 0. The molecule has 2 aromatic carbocycles. The molecule has 2 aromatic rings. The summed E-state index contributed by atoms with van der Waals surface area (Å²) < 4.78 is 14.5. The monoisotopic (exact) mass is 375 g/mol. The fraction of sp³-hybridized carbons (Fsp3) is 0.278.